The normalized spacial score (nSPS) is 15.1. The Balaban J connectivity index is 0.00000341. The summed E-state index contributed by atoms with van der Waals surface area (Å²) in [5, 5.41) is 9.64. The fraction of sp³-hybridized carbons (Fsp3) is 0.478. The summed E-state index contributed by atoms with van der Waals surface area (Å²) >= 11 is 0. The van der Waals surface area contributed by atoms with Gasteiger partial charge in [-0.3, -0.25) is 14.7 Å². The molecule has 2 aromatic rings. The highest BCUT2D eigenvalue weighted by atomic mass is 127. The van der Waals surface area contributed by atoms with Crippen molar-refractivity contribution in [2.45, 2.75) is 45.2 Å². The summed E-state index contributed by atoms with van der Waals surface area (Å²) in [6, 6.07) is 11.1. The number of likely N-dealkylation sites (tertiary alicyclic amines) is 1. The van der Waals surface area contributed by atoms with Gasteiger partial charge in [-0.2, -0.15) is 0 Å². The van der Waals surface area contributed by atoms with Crippen molar-refractivity contribution in [2.24, 2.45) is 4.99 Å². The van der Waals surface area contributed by atoms with Crippen LogP contribution in [0.4, 0.5) is 5.69 Å². The Morgan fingerprint density at radius 1 is 1.10 bits per heavy atom. The van der Waals surface area contributed by atoms with Crippen molar-refractivity contribution >= 4 is 41.5 Å². The van der Waals surface area contributed by atoms with Crippen molar-refractivity contribution < 1.29 is 9.21 Å². The Hall–Kier alpha value is -2.07. The number of guanidine groups is 1. The monoisotopic (exact) mass is 539 g/mol. The van der Waals surface area contributed by atoms with Crippen LogP contribution in [-0.2, 0) is 6.54 Å². The Morgan fingerprint density at radius 2 is 1.81 bits per heavy atom. The minimum Gasteiger partial charge on any atom is -0.459 e. The first-order chi connectivity index (χ1) is 14.5. The summed E-state index contributed by atoms with van der Waals surface area (Å²) in [6.07, 6.45) is 5.40. The van der Waals surface area contributed by atoms with Crippen LogP contribution in [0.2, 0.25) is 0 Å². The van der Waals surface area contributed by atoms with Crippen molar-refractivity contribution in [1.82, 2.24) is 15.5 Å². The number of halogens is 1. The van der Waals surface area contributed by atoms with Crippen LogP contribution in [0, 0.1) is 0 Å². The SMILES string of the molecule is CN=C(NCc1ccc(NC(=O)c2ccco2)cc1)NCC(C)(C)N1CCCCC1.I. The largest absolute Gasteiger partial charge is 0.459 e. The molecule has 2 heterocycles. The lowest BCUT2D eigenvalue weighted by Crippen LogP contribution is -2.54. The maximum absolute atomic E-state index is 12.0. The van der Waals surface area contributed by atoms with Crippen molar-refractivity contribution in [3.05, 3.63) is 54.0 Å². The molecule has 1 aromatic carbocycles. The lowest BCUT2D eigenvalue weighted by Gasteiger charge is -2.41. The Morgan fingerprint density at radius 3 is 2.42 bits per heavy atom. The number of furan rings is 1. The predicted molar refractivity (Wildman–Crippen MR) is 136 cm³/mol. The maximum atomic E-state index is 12.0. The van der Waals surface area contributed by atoms with E-state index in [9.17, 15) is 4.79 Å². The van der Waals surface area contributed by atoms with Crippen LogP contribution in [-0.4, -0.2) is 49.0 Å². The number of nitrogens with one attached hydrogen (secondary N) is 3. The zero-order chi connectivity index (χ0) is 21.4. The molecule has 1 aliphatic rings. The molecule has 1 aliphatic heterocycles. The zero-order valence-corrected chi connectivity index (χ0v) is 20.9. The molecule has 0 saturated carbocycles. The minimum absolute atomic E-state index is 0. The van der Waals surface area contributed by atoms with E-state index in [0.29, 0.717) is 12.3 Å². The number of hydrogen-bond donors (Lipinski definition) is 3. The Bertz CT molecular complexity index is 828. The van der Waals surface area contributed by atoms with Gasteiger partial charge in [0.15, 0.2) is 11.7 Å². The van der Waals surface area contributed by atoms with Gasteiger partial charge in [-0.05, 0) is 69.6 Å². The number of aliphatic imine (C=N–C) groups is 1. The topological polar surface area (TPSA) is 81.9 Å². The van der Waals surface area contributed by atoms with Gasteiger partial charge in [0, 0.05) is 31.4 Å². The fourth-order valence-corrected chi connectivity index (χ4v) is 3.62. The number of hydrogen-bond acceptors (Lipinski definition) is 4. The van der Waals surface area contributed by atoms with E-state index in [0.717, 1.165) is 23.8 Å². The predicted octanol–water partition coefficient (Wildman–Crippen LogP) is 4.08. The molecule has 0 aliphatic carbocycles. The van der Waals surface area contributed by atoms with E-state index in [1.165, 1.54) is 38.6 Å². The zero-order valence-electron chi connectivity index (χ0n) is 18.6. The quantitative estimate of drug-likeness (QED) is 0.281. The number of anilines is 1. The van der Waals surface area contributed by atoms with E-state index in [4.69, 9.17) is 4.42 Å². The molecule has 3 N–H and O–H groups in total. The first kappa shape index (κ1) is 25.2. The highest BCUT2D eigenvalue weighted by molar-refractivity contribution is 14.0. The van der Waals surface area contributed by atoms with Crippen LogP contribution >= 0.6 is 24.0 Å². The van der Waals surface area contributed by atoms with E-state index in [2.05, 4.69) is 39.7 Å². The van der Waals surface area contributed by atoms with Crippen molar-refractivity contribution in [3.8, 4) is 0 Å². The molecule has 7 nitrogen and oxygen atoms in total. The average molecular weight is 539 g/mol. The molecule has 0 spiro atoms. The van der Waals surface area contributed by atoms with Gasteiger partial charge < -0.3 is 20.4 Å². The minimum atomic E-state index is -0.258. The van der Waals surface area contributed by atoms with Crippen LogP contribution in [0.5, 0.6) is 0 Å². The first-order valence-corrected chi connectivity index (χ1v) is 10.6. The molecule has 1 fully saturated rings. The van der Waals surface area contributed by atoms with E-state index in [1.807, 2.05) is 24.3 Å². The molecule has 8 heteroatoms. The highest BCUT2D eigenvalue weighted by Gasteiger charge is 2.27. The summed E-state index contributed by atoms with van der Waals surface area (Å²) in [4.78, 5) is 18.9. The van der Waals surface area contributed by atoms with Crippen LogP contribution in [0.15, 0.2) is 52.1 Å². The summed E-state index contributed by atoms with van der Waals surface area (Å²) in [6.45, 7) is 8.40. The molecule has 0 radical (unpaired) electrons. The molecule has 1 aromatic heterocycles. The second-order valence-electron chi connectivity index (χ2n) is 8.27. The fourth-order valence-electron chi connectivity index (χ4n) is 3.62. The molecule has 3 rings (SSSR count). The van der Waals surface area contributed by atoms with Gasteiger partial charge in [-0.1, -0.05) is 18.6 Å². The third-order valence-electron chi connectivity index (χ3n) is 5.54. The number of piperidine rings is 1. The molecular formula is C23H34IN5O2. The van der Waals surface area contributed by atoms with Crippen LogP contribution in [0.3, 0.4) is 0 Å². The van der Waals surface area contributed by atoms with E-state index in [1.54, 1.807) is 19.2 Å². The van der Waals surface area contributed by atoms with Crippen LogP contribution in [0.1, 0.15) is 49.2 Å². The Kier molecular flexibility index (Phi) is 9.83. The van der Waals surface area contributed by atoms with Crippen molar-refractivity contribution in [2.75, 3.05) is 32.0 Å². The Labute approximate surface area is 202 Å². The van der Waals surface area contributed by atoms with Crippen molar-refractivity contribution in [3.63, 3.8) is 0 Å². The summed E-state index contributed by atoms with van der Waals surface area (Å²) in [7, 11) is 1.79. The molecule has 1 saturated heterocycles. The second-order valence-corrected chi connectivity index (χ2v) is 8.27. The molecular weight excluding hydrogens is 505 g/mol. The lowest BCUT2D eigenvalue weighted by atomic mass is 9.98. The van der Waals surface area contributed by atoms with E-state index in [-0.39, 0.29) is 35.4 Å². The van der Waals surface area contributed by atoms with Gasteiger partial charge in [0.2, 0.25) is 0 Å². The first-order valence-electron chi connectivity index (χ1n) is 10.6. The standard InChI is InChI=1S/C23H33N5O2.HI/c1-23(2,28-13-5-4-6-14-28)17-26-22(24-3)25-16-18-9-11-19(12-10-18)27-21(29)20-8-7-15-30-20;/h7-12,15H,4-6,13-14,16-17H2,1-3H3,(H,27,29)(H2,24,25,26);1H. The van der Waals surface area contributed by atoms with Gasteiger partial charge in [-0.15, -0.1) is 24.0 Å². The summed E-state index contributed by atoms with van der Waals surface area (Å²) < 4.78 is 5.11. The summed E-state index contributed by atoms with van der Waals surface area (Å²) in [5.74, 6) is 0.824. The highest BCUT2D eigenvalue weighted by Crippen LogP contribution is 2.19. The van der Waals surface area contributed by atoms with Crippen LogP contribution < -0.4 is 16.0 Å². The van der Waals surface area contributed by atoms with Gasteiger partial charge in [-0.25, -0.2) is 0 Å². The van der Waals surface area contributed by atoms with E-state index >= 15 is 0 Å². The van der Waals surface area contributed by atoms with Gasteiger partial charge in [0.05, 0.1) is 6.26 Å². The average Bonchev–Trinajstić information content (AvgIpc) is 3.31. The molecule has 0 bridgehead atoms. The smallest absolute Gasteiger partial charge is 0.291 e. The number of carbonyl (C=O) groups is 1. The summed E-state index contributed by atoms with van der Waals surface area (Å²) in [5.41, 5.74) is 1.92. The third-order valence-corrected chi connectivity index (χ3v) is 5.54. The second kappa shape index (κ2) is 12.1. The molecule has 0 unspecified atom stereocenters. The number of nitrogens with zero attached hydrogens (tertiary/aromatic N) is 2. The van der Waals surface area contributed by atoms with Gasteiger partial charge in [0.25, 0.3) is 5.91 Å². The molecule has 31 heavy (non-hydrogen) atoms. The van der Waals surface area contributed by atoms with Crippen molar-refractivity contribution in [1.29, 1.82) is 0 Å². The number of carbonyl (C=O) groups excluding carboxylic acids is 1. The maximum Gasteiger partial charge on any atom is 0.291 e. The molecule has 170 valence electrons. The van der Waals surface area contributed by atoms with Crippen LogP contribution in [0.25, 0.3) is 0 Å². The molecule has 1 amide bonds. The third kappa shape index (κ3) is 7.53. The number of benzene rings is 1. The number of amides is 1. The lowest BCUT2D eigenvalue weighted by molar-refractivity contribution is 0.0982. The van der Waals surface area contributed by atoms with E-state index < -0.39 is 0 Å². The van der Waals surface area contributed by atoms with Gasteiger partial charge in [0.1, 0.15) is 0 Å². The number of rotatable bonds is 7. The van der Waals surface area contributed by atoms with Gasteiger partial charge >= 0.3 is 0 Å². The molecule has 0 atom stereocenters.